The van der Waals surface area contributed by atoms with Gasteiger partial charge in [-0.05, 0) is 54.9 Å². The van der Waals surface area contributed by atoms with E-state index < -0.39 is 0 Å². The lowest BCUT2D eigenvalue weighted by molar-refractivity contribution is -0.119. The minimum atomic E-state index is -0.126. The maximum absolute atomic E-state index is 14.3. The van der Waals surface area contributed by atoms with Gasteiger partial charge in [0.1, 0.15) is 6.33 Å². The van der Waals surface area contributed by atoms with Gasteiger partial charge in [-0.2, -0.15) is 15.2 Å². The molecule has 2 aliphatic rings. The number of aromatic nitrogens is 4. The van der Waals surface area contributed by atoms with Gasteiger partial charge in [0.25, 0.3) is 5.56 Å². The molecular formula is C32H34N6O3. The highest BCUT2D eigenvalue weighted by atomic mass is 16.2. The van der Waals surface area contributed by atoms with Crippen LogP contribution in [-0.4, -0.2) is 42.5 Å². The van der Waals surface area contributed by atoms with E-state index in [0.717, 1.165) is 65.6 Å². The average molecular weight is 551 g/mol. The smallest absolute Gasteiger partial charge is 0.259 e. The summed E-state index contributed by atoms with van der Waals surface area (Å²) in [5, 5.41) is 18.2. The molecule has 2 N–H and O–H groups in total. The van der Waals surface area contributed by atoms with Gasteiger partial charge in [0.05, 0.1) is 24.4 Å². The maximum Gasteiger partial charge on any atom is 0.259 e. The minimum Gasteiger partial charge on any atom is -0.392 e. The monoisotopic (exact) mass is 550 g/mol. The van der Waals surface area contributed by atoms with Crippen LogP contribution in [0.25, 0.3) is 16.9 Å². The topological polar surface area (TPSA) is 114 Å². The van der Waals surface area contributed by atoms with Crippen LogP contribution in [0.5, 0.6) is 0 Å². The summed E-state index contributed by atoms with van der Waals surface area (Å²) in [5.74, 6) is 0.463. The molecule has 2 aromatic carbocycles. The van der Waals surface area contributed by atoms with Gasteiger partial charge in [-0.3, -0.25) is 14.2 Å². The Balaban J connectivity index is 1.45. The van der Waals surface area contributed by atoms with Crippen molar-refractivity contribution < 1.29 is 9.90 Å². The second-order valence-corrected chi connectivity index (χ2v) is 10.8. The van der Waals surface area contributed by atoms with Crippen LogP contribution in [0.15, 0.2) is 76.4 Å². The van der Waals surface area contributed by atoms with Crippen molar-refractivity contribution in [1.82, 2.24) is 24.6 Å². The predicted molar refractivity (Wildman–Crippen MR) is 158 cm³/mol. The molecule has 210 valence electrons. The average Bonchev–Trinajstić information content (AvgIpc) is 3.66. The van der Waals surface area contributed by atoms with Crippen molar-refractivity contribution in [3.05, 3.63) is 99.2 Å². The summed E-state index contributed by atoms with van der Waals surface area (Å²) < 4.78 is 3.70. The maximum atomic E-state index is 14.3. The number of benzene rings is 2. The number of carbonyl (C=O) groups is 1. The molecule has 0 atom stereocenters. The molecule has 0 spiro atoms. The highest BCUT2D eigenvalue weighted by molar-refractivity contribution is 6.16. The van der Waals surface area contributed by atoms with Crippen LogP contribution in [0.1, 0.15) is 73.9 Å². The van der Waals surface area contributed by atoms with Crippen molar-refractivity contribution in [3.63, 3.8) is 0 Å². The summed E-state index contributed by atoms with van der Waals surface area (Å²) >= 11 is 0. The molecule has 0 radical (unpaired) electrons. The molecule has 9 nitrogen and oxygen atoms in total. The van der Waals surface area contributed by atoms with Crippen molar-refractivity contribution in [2.75, 3.05) is 6.61 Å². The van der Waals surface area contributed by atoms with Crippen LogP contribution in [0, 0.1) is 0 Å². The fourth-order valence-corrected chi connectivity index (χ4v) is 6.17. The van der Waals surface area contributed by atoms with Crippen LogP contribution in [0.4, 0.5) is 0 Å². The molecule has 0 saturated heterocycles. The molecule has 1 saturated carbocycles. The van der Waals surface area contributed by atoms with E-state index in [-0.39, 0.29) is 30.5 Å². The number of hydrogen-bond acceptors (Lipinski definition) is 6. The zero-order valence-electron chi connectivity index (χ0n) is 23.2. The number of aliphatic hydroxyl groups is 1. The Kier molecular flexibility index (Phi) is 7.61. The summed E-state index contributed by atoms with van der Waals surface area (Å²) in [7, 11) is 0. The predicted octanol–water partition coefficient (Wildman–Crippen LogP) is 4.36. The third-order valence-corrected chi connectivity index (χ3v) is 8.16. The standard InChI is InChI=1S/C32H34N6O3/c1-2-6-29-27(31(41)37(32-33-20-34-38(29)32)24-12-9-21(10-13-24)15-16-39)18-22-11-14-25(23-7-4-3-5-8-23)26(17-22)28-19-30(40)36-35-28/h3-5,7-8,11,14-15,17,20,24,39H,2,6,9-10,12-13,16,18-19H2,1H3,(H,36,40). The Morgan fingerprint density at radius 3 is 2.59 bits per heavy atom. The molecule has 1 amide bonds. The number of allylic oxidation sites excluding steroid dienone is 1. The van der Waals surface area contributed by atoms with Gasteiger partial charge in [0, 0.05) is 23.6 Å². The Morgan fingerprint density at radius 2 is 1.88 bits per heavy atom. The fraction of sp³-hybridized carbons (Fsp3) is 0.344. The lowest BCUT2D eigenvalue weighted by Crippen LogP contribution is -2.33. The van der Waals surface area contributed by atoms with Gasteiger partial charge in [-0.25, -0.2) is 9.94 Å². The molecule has 0 unspecified atom stereocenters. The highest BCUT2D eigenvalue weighted by Crippen LogP contribution is 2.33. The number of rotatable bonds is 8. The molecule has 4 aromatic rings. The van der Waals surface area contributed by atoms with Gasteiger partial charge in [-0.1, -0.05) is 67.5 Å². The molecule has 1 aliphatic carbocycles. The number of amides is 1. The first-order chi connectivity index (χ1) is 20.1. The van der Waals surface area contributed by atoms with E-state index >= 15 is 0 Å². The quantitative estimate of drug-likeness (QED) is 0.317. The van der Waals surface area contributed by atoms with Gasteiger partial charge < -0.3 is 5.11 Å². The molecule has 6 rings (SSSR count). The van der Waals surface area contributed by atoms with E-state index in [9.17, 15) is 14.7 Å². The molecule has 2 aromatic heterocycles. The second-order valence-electron chi connectivity index (χ2n) is 10.8. The molecule has 0 bridgehead atoms. The third kappa shape index (κ3) is 5.25. The van der Waals surface area contributed by atoms with Crippen molar-refractivity contribution >= 4 is 17.4 Å². The van der Waals surface area contributed by atoms with E-state index in [1.165, 1.54) is 11.9 Å². The Labute approximate surface area is 238 Å². The molecule has 3 heterocycles. The van der Waals surface area contributed by atoms with Gasteiger partial charge in [0.2, 0.25) is 11.7 Å². The van der Waals surface area contributed by atoms with E-state index in [4.69, 9.17) is 0 Å². The van der Waals surface area contributed by atoms with Crippen molar-refractivity contribution in [2.45, 2.75) is 64.3 Å². The van der Waals surface area contributed by atoms with Gasteiger partial charge in [-0.15, -0.1) is 0 Å². The van der Waals surface area contributed by atoms with E-state index in [1.54, 1.807) is 0 Å². The molecule has 9 heteroatoms. The zero-order chi connectivity index (χ0) is 28.3. The summed E-state index contributed by atoms with van der Waals surface area (Å²) in [6, 6.07) is 16.3. The van der Waals surface area contributed by atoms with Crippen LogP contribution < -0.4 is 11.0 Å². The Hall–Kier alpha value is -4.37. The number of nitrogens with one attached hydrogen (secondary N) is 1. The molecule has 1 fully saturated rings. The first-order valence-electron chi connectivity index (χ1n) is 14.4. The third-order valence-electron chi connectivity index (χ3n) is 8.16. The Morgan fingerprint density at radius 1 is 1.07 bits per heavy atom. The lowest BCUT2D eigenvalue weighted by atomic mass is 9.90. The van der Waals surface area contributed by atoms with Crippen molar-refractivity contribution in [3.8, 4) is 11.1 Å². The number of fused-ring (bicyclic) bond motifs is 1. The summed E-state index contributed by atoms with van der Waals surface area (Å²) in [6.45, 7) is 2.15. The van der Waals surface area contributed by atoms with Crippen LogP contribution in [0.3, 0.4) is 0 Å². The first kappa shape index (κ1) is 26.8. The van der Waals surface area contributed by atoms with Crippen LogP contribution in [0.2, 0.25) is 0 Å². The number of hydrogen-bond donors (Lipinski definition) is 2. The molecule has 1 aliphatic heterocycles. The normalized spacial score (nSPS) is 17.1. The second kappa shape index (κ2) is 11.6. The van der Waals surface area contributed by atoms with E-state index in [2.05, 4.69) is 45.7 Å². The number of aryl methyl sites for hydroxylation is 1. The fourth-order valence-electron chi connectivity index (χ4n) is 6.17. The lowest BCUT2D eigenvalue weighted by Gasteiger charge is -2.27. The molecule has 41 heavy (non-hydrogen) atoms. The molecular weight excluding hydrogens is 516 g/mol. The van der Waals surface area contributed by atoms with E-state index in [1.807, 2.05) is 45.5 Å². The number of aliphatic hydroxyl groups excluding tert-OH is 1. The largest absolute Gasteiger partial charge is 0.392 e. The Bertz CT molecular complexity index is 1710. The van der Waals surface area contributed by atoms with E-state index in [0.29, 0.717) is 24.3 Å². The summed E-state index contributed by atoms with van der Waals surface area (Å²) in [5.41, 5.74) is 10.0. The van der Waals surface area contributed by atoms with Crippen LogP contribution >= 0.6 is 0 Å². The van der Waals surface area contributed by atoms with Crippen molar-refractivity contribution in [2.24, 2.45) is 5.10 Å². The summed E-state index contributed by atoms with van der Waals surface area (Å²) in [4.78, 5) is 30.9. The minimum absolute atomic E-state index is 0.0143. The van der Waals surface area contributed by atoms with Crippen molar-refractivity contribution in [1.29, 1.82) is 0 Å². The van der Waals surface area contributed by atoms with Gasteiger partial charge >= 0.3 is 0 Å². The number of hydrazone groups is 1. The number of nitrogens with zero attached hydrogens (tertiary/aromatic N) is 5. The zero-order valence-corrected chi connectivity index (χ0v) is 23.2. The SMILES string of the molecule is CCCc1c(Cc2ccc(-c3ccccc3)c(C3=NNC(=O)C3)c2)c(=O)n(C2CCC(=CCO)CC2)c2ncnn12. The van der Waals surface area contributed by atoms with Crippen LogP contribution in [-0.2, 0) is 17.6 Å². The number of carbonyl (C=O) groups excluding carboxylic acids is 1. The van der Waals surface area contributed by atoms with Gasteiger partial charge in [0.15, 0.2) is 0 Å². The highest BCUT2D eigenvalue weighted by Gasteiger charge is 2.26. The first-order valence-corrected chi connectivity index (χ1v) is 14.4. The summed E-state index contributed by atoms with van der Waals surface area (Å²) in [6.07, 6.45) is 8.98.